The number of pyridine rings is 1. The zero-order valence-electron chi connectivity index (χ0n) is 9.68. The molecule has 94 valence electrons. The number of aliphatic hydroxyl groups excluding tert-OH is 1. The van der Waals surface area contributed by atoms with Gasteiger partial charge < -0.3 is 5.11 Å². The zero-order valence-corrected chi connectivity index (χ0v) is 9.68. The molecule has 4 heteroatoms. The lowest BCUT2D eigenvalue weighted by Crippen LogP contribution is -2.05. The number of halogens is 2. The first kappa shape index (κ1) is 12.6. The number of aromatic nitrogens is 1. The van der Waals surface area contributed by atoms with Crippen molar-refractivity contribution < 1.29 is 13.9 Å². The number of aryl methyl sites for hydroxylation is 1. The molecule has 18 heavy (non-hydrogen) atoms. The standard InChI is InChI=1S/C14H13F2NO/c15-11-2-1-3-12(16)14(11)13(18)5-4-10-6-8-17-9-7-10/h1-3,6-9,13,18H,4-5H2. The summed E-state index contributed by atoms with van der Waals surface area (Å²) < 4.78 is 26.8. The molecule has 0 aliphatic carbocycles. The topological polar surface area (TPSA) is 33.1 Å². The highest BCUT2D eigenvalue weighted by molar-refractivity contribution is 5.22. The Morgan fingerprint density at radius 3 is 2.28 bits per heavy atom. The van der Waals surface area contributed by atoms with E-state index in [1.165, 1.54) is 6.07 Å². The van der Waals surface area contributed by atoms with E-state index < -0.39 is 17.7 Å². The molecule has 1 N–H and O–H groups in total. The third-order valence-electron chi connectivity index (χ3n) is 2.79. The SMILES string of the molecule is OC(CCc1ccncc1)c1c(F)cccc1F. The summed E-state index contributed by atoms with van der Waals surface area (Å²) in [7, 11) is 0. The Morgan fingerprint density at radius 2 is 1.67 bits per heavy atom. The molecule has 0 amide bonds. The monoisotopic (exact) mass is 249 g/mol. The lowest BCUT2D eigenvalue weighted by atomic mass is 10.0. The van der Waals surface area contributed by atoms with Gasteiger partial charge in [0, 0.05) is 12.4 Å². The molecule has 0 saturated heterocycles. The number of benzene rings is 1. The van der Waals surface area contributed by atoms with Crippen LogP contribution in [0.5, 0.6) is 0 Å². The third-order valence-corrected chi connectivity index (χ3v) is 2.79. The molecule has 2 aromatic rings. The number of aliphatic hydroxyl groups is 1. The van der Waals surface area contributed by atoms with Gasteiger partial charge in [0.05, 0.1) is 11.7 Å². The van der Waals surface area contributed by atoms with Crippen LogP contribution in [0.25, 0.3) is 0 Å². The summed E-state index contributed by atoms with van der Waals surface area (Å²) in [5.74, 6) is -1.42. The van der Waals surface area contributed by atoms with Crippen LogP contribution in [0, 0.1) is 11.6 Å². The highest BCUT2D eigenvalue weighted by atomic mass is 19.1. The van der Waals surface area contributed by atoms with Gasteiger partial charge in [0.1, 0.15) is 11.6 Å². The van der Waals surface area contributed by atoms with E-state index in [0.29, 0.717) is 6.42 Å². The Kier molecular flexibility index (Phi) is 3.99. The Bertz CT molecular complexity index is 496. The fourth-order valence-corrected chi connectivity index (χ4v) is 1.83. The van der Waals surface area contributed by atoms with Gasteiger partial charge in [-0.3, -0.25) is 4.98 Å². The van der Waals surface area contributed by atoms with Crippen LogP contribution < -0.4 is 0 Å². The summed E-state index contributed by atoms with van der Waals surface area (Å²) >= 11 is 0. The van der Waals surface area contributed by atoms with Gasteiger partial charge in [0.2, 0.25) is 0 Å². The maximum Gasteiger partial charge on any atom is 0.131 e. The number of hydrogen-bond donors (Lipinski definition) is 1. The normalized spacial score (nSPS) is 12.4. The third kappa shape index (κ3) is 2.90. The maximum absolute atomic E-state index is 13.4. The average molecular weight is 249 g/mol. The van der Waals surface area contributed by atoms with Crippen LogP contribution in [0.1, 0.15) is 23.7 Å². The van der Waals surface area contributed by atoms with Gasteiger partial charge >= 0.3 is 0 Å². The quantitative estimate of drug-likeness (QED) is 0.903. The average Bonchev–Trinajstić information content (AvgIpc) is 2.37. The van der Waals surface area contributed by atoms with Crippen molar-refractivity contribution in [3.63, 3.8) is 0 Å². The van der Waals surface area contributed by atoms with Gasteiger partial charge in [-0.15, -0.1) is 0 Å². The molecule has 2 nitrogen and oxygen atoms in total. The lowest BCUT2D eigenvalue weighted by molar-refractivity contribution is 0.158. The minimum Gasteiger partial charge on any atom is -0.388 e. The van der Waals surface area contributed by atoms with Crippen LogP contribution in [0.2, 0.25) is 0 Å². The van der Waals surface area contributed by atoms with E-state index in [-0.39, 0.29) is 12.0 Å². The molecule has 1 aromatic carbocycles. The van der Waals surface area contributed by atoms with E-state index >= 15 is 0 Å². The largest absolute Gasteiger partial charge is 0.388 e. The van der Waals surface area contributed by atoms with Crippen LogP contribution in [-0.4, -0.2) is 10.1 Å². The van der Waals surface area contributed by atoms with Crippen molar-refractivity contribution in [2.45, 2.75) is 18.9 Å². The first-order chi connectivity index (χ1) is 8.68. The minimum absolute atomic E-state index is 0.258. The van der Waals surface area contributed by atoms with Crippen LogP contribution in [0.3, 0.4) is 0 Å². The second kappa shape index (κ2) is 5.69. The van der Waals surface area contributed by atoms with Gasteiger partial charge in [-0.1, -0.05) is 6.07 Å². The predicted molar refractivity (Wildman–Crippen MR) is 63.9 cm³/mol. The molecule has 0 saturated carbocycles. The molecule has 0 radical (unpaired) electrons. The molecule has 1 unspecified atom stereocenters. The van der Waals surface area contributed by atoms with Crippen molar-refractivity contribution in [3.05, 3.63) is 65.5 Å². The van der Waals surface area contributed by atoms with Crippen molar-refractivity contribution in [2.75, 3.05) is 0 Å². The summed E-state index contributed by atoms with van der Waals surface area (Å²) in [6.45, 7) is 0. The summed E-state index contributed by atoms with van der Waals surface area (Å²) in [6, 6.07) is 7.20. The van der Waals surface area contributed by atoms with E-state index in [1.54, 1.807) is 12.4 Å². The summed E-state index contributed by atoms with van der Waals surface area (Å²) in [6.07, 6.45) is 2.95. The van der Waals surface area contributed by atoms with E-state index in [2.05, 4.69) is 4.98 Å². The van der Waals surface area contributed by atoms with E-state index in [9.17, 15) is 13.9 Å². The molecule has 1 heterocycles. The molecular formula is C14H13F2NO. The fraction of sp³-hybridized carbons (Fsp3) is 0.214. The van der Waals surface area contributed by atoms with Crippen LogP contribution >= 0.6 is 0 Å². The van der Waals surface area contributed by atoms with Crippen LogP contribution in [0.4, 0.5) is 8.78 Å². The Hall–Kier alpha value is -1.81. The molecule has 0 aliphatic rings. The zero-order chi connectivity index (χ0) is 13.0. The van der Waals surface area contributed by atoms with Gasteiger partial charge in [-0.05, 0) is 42.7 Å². The Balaban J connectivity index is 2.06. The molecule has 0 aliphatic heterocycles. The highest BCUT2D eigenvalue weighted by Crippen LogP contribution is 2.24. The van der Waals surface area contributed by atoms with E-state index in [4.69, 9.17) is 0 Å². The minimum atomic E-state index is -1.14. The molecular weight excluding hydrogens is 236 g/mol. The van der Waals surface area contributed by atoms with Crippen LogP contribution in [0.15, 0.2) is 42.7 Å². The van der Waals surface area contributed by atoms with Gasteiger partial charge in [-0.25, -0.2) is 8.78 Å². The number of rotatable bonds is 4. The van der Waals surface area contributed by atoms with E-state index in [0.717, 1.165) is 17.7 Å². The van der Waals surface area contributed by atoms with E-state index in [1.807, 2.05) is 12.1 Å². The second-order valence-corrected chi connectivity index (χ2v) is 4.05. The van der Waals surface area contributed by atoms with Gasteiger partial charge in [-0.2, -0.15) is 0 Å². The molecule has 0 bridgehead atoms. The fourth-order valence-electron chi connectivity index (χ4n) is 1.83. The first-order valence-corrected chi connectivity index (χ1v) is 5.69. The molecule has 0 spiro atoms. The number of nitrogens with zero attached hydrogens (tertiary/aromatic N) is 1. The first-order valence-electron chi connectivity index (χ1n) is 5.69. The predicted octanol–water partition coefficient (Wildman–Crippen LogP) is 3.03. The lowest BCUT2D eigenvalue weighted by Gasteiger charge is -2.12. The molecule has 2 rings (SSSR count). The molecule has 1 aromatic heterocycles. The summed E-state index contributed by atoms with van der Waals surface area (Å²) in [4.78, 5) is 3.88. The van der Waals surface area contributed by atoms with Crippen LogP contribution in [-0.2, 0) is 6.42 Å². The van der Waals surface area contributed by atoms with Crippen molar-refractivity contribution >= 4 is 0 Å². The summed E-state index contributed by atoms with van der Waals surface area (Å²) in [5, 5.41) is 9.85. The van der Waals surface area contributed by atoms with Crippen molar-refractivity contribution in [1.82, 2.24) is 4.98 Å². The Labute approximate surface area is 104 Å². The van der Waals surface area contributed by atoms with Crippen molar-refractivity contribution in [1.29, 1.82) is 0 Å². The van der Waals surface area contributed by atoms with Gasteiger partial charge in [0.25, 0.3) is 0 Å². The van der Waals surface area contributed by atoms with Crippen molar-refractivity contribution in [3.8, 4) is 0 Å². The second-order valence-electron chi connectivity index (χ2n) is 4.05. The Morgan fingerprint density at radius 1 is 1.06 bits per heavy atom. The van der Waals surface area contributed by atoms with Crippen molar-refractivity contribution in [2.24, 2.45) is 0 Å². The maximum atomic E-state index is 13.4. The highest BCUT2D eigenvalue weighted by Gasteiger charge is 2.17. The molecule has 0 fully saturated rings. The number of hydrogen-bond acceptors (Lipinski definition) is 2. The summed E-state index contributed by atoms with van der Waals surface area (Å²) in [5.41, 5.74) is 0.715. The smallest absolute Gasteiger partial charge is 0.131 e. The molecule has 1 atom stereocenters. The van der Waals surface area contributed by atoms with Gasteiger partial charge in [0.15, 0.2) is 0 Å².